The maximum atomic E-state index is 5.59. The van der Waals surface area contributed by atoms with Gasteiger partial charge in [0.05, 0.1) is 5.76 Å². The minimum absolute atomic E-state index is 1.05. The van der Waals surface area contributed by atoms with E-state index in [1.54, 1.807) is 0 Å². The summed E-state index contributed by atoms with van der Waals surface area (Å²) in [6, 6.07) is 0. The van der Waals surface area contributed by atoms with Crippen molar-refractivity contribution in [3.05, 3.63) is 11.8 Å². The molecule has 54 valence electrons. The molecular formula is C7H16OSi. The Morgan fingerprint density at radius 3 is 1.89 bits per heavy atom. The highest BCUT2D eigenvalue weighted by Gasteiger charge is 2.14. The molecule has 0 bridgehead atoms. The molecule has 0 aromatic carbocycles. The quantitative estimate of drug-likeness (QED) is 0.428. The van der Waals surface area contributed by atoms with E-state index in [0.29, 0.717) is 0 Å². The number of rotatable bonds is 2. The molecule has 1 nitrogen and oxygen atoms in total. The minimum Gasteiger partial charge on any atom is -0.548 e. The first kappa shape index (κ1) is 8.76. The molecular weight excluding hydrogens is 128 g/mol. The van der Waals surface area contributed by atoms with Crippen molar-refractivity contribution in [2.24, 2.45) is 0 Å². The van der Waals surface area contributed by atoms with E-state index in [-0.39, 0.29) is 0 Å². The average molecular weight is 144 g/mol. The van der Waals surface area contributed by atoms with E-state index in [1.165, 1.54) is 0 Å². The second kappa shape index (κ2) is 3.06. The predicted molar refractivity (Wildman–Crippen MR) is 43.9 cm³/mol. The van der Waals surface area contributed by atoms with Crippen molar-refractivity contribution in [3.63, 3.8) is 0 Å². The molecule has 9 heavy (non-hydrogen) atoms. The molecule has 0 aromatic rings. The molecule has 2 heteroatoms. The first-order valence-electron chi connectivity index (χ1n) is 3.27. The van der Waals surface area contributed by atoms with Crippen LogP contribution in [0.3, 0.4) is 0 Å². The predicted octanol–water partition coefficient (Wildman–Crippen LogP) is 2.76. The van der Waals surface area contributed by atoms with Crippen molar-refractivity contribution in [3.8, 4) is 0 Å². The fraction of sp³-hybridized carbons (Fsp3) is 0.714. The van der Waals surface area contributed by atoms with Crippen molar-refractivity contribution < 1.29 is 4.43 Å². The molecule has 0 aliphatic rings. The maximum absolute atomic E-state index is 5.59. The average Bonchev–Trinajstić information content (AvgIpc) is 1.62. The van der Waals surface area contributed by atoms with Gasteiger partial charge in [0.1, 0.15) is 0 Å². The molecule has 0 heterocycles. The fourth-order valence-corrected chi connectivity index (χ4v) is 1.63. The van der Waals surface area contributed by atoms with Crippen LogP contribution in [0.2, 0.25) is 19.6 Å². The Hall–Kier alpha value is -0.243. The van der Waals surface area contributed by atoms with E-state index >= 15 is 0 Å². The third kappa shape index (κ3) is 5.63. The second-order valence-electron chi connectivity index (χ2n) is 3.11. The van der Waals surface area contributed by atoms with E-state index in [0.717, 1.165) is 5.76 Å². The molecule has 0 aliphatic heterocycles. The lowest BCUT2D eigenvalue weighted by molar-refractivity contribution is 0.423. The third-order valence-electron chi connectivity index (χ3n) is 0.874. The Balaban J connectivity index is 3.75. The highest BCUT2D eigenvalue weighted by atomic mass is 28.4. The van der Waals surface area contributed by atoms with Crippen molar-refractivity contribution in [1.29, 1.82) is 0 Å². The molecule has 0 fully saturated rings. The van der Waals surface area contributed by atoms with Crippen LogP contribution in [0, 0.1) is 0 Å². The third-order valence-corrected chi connectivity index (χ3v) is 1.81. The Kier molecular flexibility index (Phi) is 2.98. The van der Waals surface area contributed by atoms with Crippen LogP contribution in [0.4, 0.5) is 0 Å². The Bertz CT molecular complexity index is 111. The zero-order chi connectivity index (χ0) is 7.49. The van der Waals surface area contributed by atoms with Gasteiger partial charge in [-0.3, -0.25) is 0 Å². The van der Waals surface area contributed by atoms with Crippen molar-refractivity contribution >= 4 is 8.32 Å². The molecule has 0 amide bonds. The van der Waals surface area contributed by atoms with Gasteiger partial charge in [0.25, 0.3) is 0 Å². The van der Waals surface area contributed by atoms with Gasteiger partial charge in [0, 0.05) is 0 Å². The van der Waals surface area contributed by atoms with Gasteiger partial charge in [0.15, 0.2) is 0 Å². The van der Waals surface area contributed by atoms with Crippen LogP contribution in [-0.4, -0.2) is 8.32 Å². The minimum atomic E-state index is -1.31. The first-order valence-corrected chi connectivity index (χ1v) is 6.68. The molecule has 0 rings (SSSR count). The van der Waals surface area contributed by atoms with Crippen LogP contribution in [0.25, 0.3) is 0 Å². The number of hydrogen-bond donors (Lipinski definition) is 0. The molecule has 0 radical (unpaired) electrons. The lowest BCUT2D eigenvalue weighted by Gasteiger charge is -2.18. The van der Waals surface area contributed by atoms with Crippen LogP contribution >= 0.6 is 0 Å². The van der Waals surface area contributed by atoms with E-state index < -0.39 is 8.32 Å². The number of hydrogen-bond acceptors (Lipinski definition) is 1. The summed E-state index contributed by atoms with van der Waals surface area (Å²) in [6.07, 6.45) is 2.00. The lowest BCUT2D eigenvalue weighted by Crippen LogP contribution is -2.23. The van der Waals surface area contributed by atoms with Crippen LogP contribution in [0.1, 0.15) is 13.8 Å². The highest BCUT2D eigenvalue weighted by molar-refractivity contribution is 6.70. The number of allylic oxidation sites excluding steroid dienone is 2. The summed E-state index contributed by atoms with van der Waals surface area (Å²) >= 11 is 0. The van der Waals surface area contributed by atoms with Gasteiger partial charge in [-0.1, -0.05) is 6.08 Å². The van der Waals surface area contributed by atoms with Crippen LogP contribution in [-0.2, 0) is 4.43 Å². The van der Waals surface area contributed by atoms with Crippen molar-refractivity contribution in [2.45, 2.75) is 33.5 Å². The van der Waals surface area contributed by atoms with Crippen molar-refractivity contribution in [2.75, 3.05) is 0 Å². The molecule has 0 aliphatic carbocycles. The van der Waals surface area contributed by atoms with Gasteiger partial charge in [-0.2, -0.15) is 0 Å². The molecule has 0 atom stereocenters. The van der Waals surface area contributed by atoms with Crippen LogP contribution < -0.4 is 0 Å². The standard InChI is InChI=1S/C7H16OSi/c1-6-7(2)8-9(3,4)5/h6H,1-5H3/b7-6+. The summed E-state index contributed by atoms with van der Waals surface area (Å²) in [5.74, 6) is 1.05. The Morgan fingerprint density at radius 1 is 1.33 bits per heavy atom. The lowest BCUT2D eigenvalue weighted by atomic mass is 10.5. The normalized spacial score (nSPS) is 13.7. The topological polar surface area (TPSA) is 9.23 Å². The van der Waals surface area contributed by atoms with E-state index in [2.05, 4.69) is 19.6 Å². The molecule has 0 N–H and O–H groups in total. The summed E-state index contributed by atoms with van der Waals surface area (Å²) in [6.45, 7) is 10.5. The zero-order valence-electron chi connectivity index (χ0n) is 6.99. The van der Waals surface area contributed by atoms with E-state index in [1.807, 2.05) is 19.9 Å². The highest BCUT2D eigenvalue weighted by Crippen LogP contribution is 2.08. The monoisotopic (exact) mass is 144 g/mol. The fourth-order valence-electron chi connectivity index (χ4n) is 0.542. The largest absolute Gasteiger partial charge is 0.548 e. The summed E-state index contributed by atoms with van der Waals surface area (Å²) in [5.41, 5.74) is 0. The van der Waals surface area contributed by atoms with Crippen LogP contribution in [0.5, 0.6) is 0 Å². The first-order chi connectivity index (χ1) is 3.95. The van der Waals surface area contributed by atoms with Gasteiger partial charge >= 0.3 is 0 Å². The molecule has 0 saturated carbocycles. The Morgan fingerprint density at radius 2 is 1.78 bits per heavy atom. The summed E-state index contributed by atoms with van der Waals surface area (Å²) in [4.78, 5) is 0. The maximum Gasteiger partial charge on any atom is 0.241 e. The van der Waals surface area contributed by atoms with Crippen molar-refractivity contribution in [1.82, 2.24) is 0 Å². The van der Waals surface area contributed by atoms with E-state index in [9.17, 15) is 0 Å². The molecule has 0 spiro atoms. The SMILES string of the molecule is C/C=C(\C)O[Si](C)(C)C. The Labute approximate surface area is 58.9 Å². The zero-order valence-corrected chi connectivity index (χ0v) is 7.99. The summed E-state index contributed by atoms with van der Waals surface area (Å²) in [5, 5.41) is 0. The van der Waals surface area contributed by atoms with Crippen LogP contribution in [0.15, 0.2) is 11.8 Å². The molecule has 0 aromatic heterocycles. The van der Waals surface area contributed by atoms with Gasteiger partial charge in [0.2, 0.25) is 8.32 Å². The van der Waals surface area contributed by atoms with E-state index in [4.69, 9.17) is 4.43 Å². The van der Waals surface area contributed by atoms with Gasteiger partial charge < -0.3 is 4.43 Å². The summed E-state index contributed by atoms with van der Waals surface area (Å²) in [7, 11) is -1.31. The second-order valence-corrected chi connectivity index (χ2v) is 7.54. The summed E-state index contributed by atoms with van der Waals surface area (Å²) < 4.78 is 5.59. The smallest absolute Gasteiger partial charge is 0.241 e. The van der Waals surface area contributed by atoms with Gasteiger partial charge in [-0.15, -0.1) is 0 Å². The molecule has 0 saturated heterocycles. The van der Waals surface area contributed by atoms with Gasteiger partial charge in [-0.05, 0) is 33.5 Å². The van der Waals surface area contributed by atoms with Gasteiger partial charge in [-0.25, -0.2) is 0 Å². The molecule has 0 unspecified atom stereocenters.